The van der Waals surface area contributed by atoms with E-state index < -0.39 is 5.91 Å². The predicted octanol–water partition coefficient (Wildman–Crippen LogP) is 2.67. The van der Waals surface area contributed by atoms with Gasteiger partial charge in [-0.05, 0) is 23.8 Å². The maximum absolute atomic E-state index is 12.8. The summed E-state index contributed by atoms with van der Waals surface area (Å²) >= 11 is 1.79. The minimum Gasteiger partial charge on any atom is -0.267 e. The standard InChI is InChI=1S/C20H18N4O2S/c25-19(22-21-15-10-11-27-13-15)18-16-8-4-5-9-17(16)20(26)24(23-18)12-14-6-2-1-3-7-14/h1-9H,10-13H2,(H,22,25)/b21-15+. The van der Waals surface area contributed by atoms with Gasteiger partial charge in [0.1, 0.15) is 0 Å². The van der Waals surface area contributed by atoms with Gasteiger partial charge in [0, 0.05) is 16.9 Å². The van der Waals surface area contributed by atoms with Gasteiger partial charge in [-0.15, -0.1) is 0 Å². The fraction of sp³-hybridized carbons (Fsp3) is 0.200. The molecule has 0 saturated carbocycles. The molecule has 27 heavy (non-hydrogen) atoms. The summed E-state index contributed by atoms with van der Waals surface area (Å²) in [5, 5.41) is 9.57. The number of carbonyl (C=O) groups is 1. The second-order valence-corrected chi connectivity index (χ2v) is 7.37. The Bertz CT molecular complexity index is 1070. The molecule has 4 rings (SSSR count). The smallest absolute Gasteiger partial charge is 0.267 e. The van der Waals surface area contributed by atoms with Crippen LogP contribution in [-0.4, -0.2) is 32.9 Å². The molecule has 2 heterocycles. The zero-order valence-corrected chi connectivity index (χ0v) is 15.4. The maximum atomic E-state index is 12.8. The molecule has 1 aliphatic rings. The fourth-order valence-corrected chi connectivity index (χ4v) is 3.96. The molecule has 0 atom stereocenters. The number of nitrogens with zero attached hydrogens (tertiary/aromatic N) is 3. The molecular weight excluding hydrogens is 360 g/mol. The lowest BCUT2D eigenvalue weighted by Gasteiger charge is -2.10. The molecule has 3 aromatic rings. The second-order valence-electron chi connectivity index (χ2n) is 6.26. The maximum Gasteiger partial charge on any atom is 0.292 e. The van der Waals surface area contributed by atoms with Crippen LogP contribution in [0.1, 0.15) is 22.5 Å². The molecule has 1 fully saturated rings. The average molecular weight is 378 g/mol. The molecule has 0 bridgehead atoms. The van der Waals surface area contributed by atoms with Crippen LogP contribution in [0.5, 0.6) is 0 Å². The highest BCUT2D eigenvalue weighted by Gasteiger charge is 2.17. The predicted molar refractivity (Wildman–Crippen MR) is 108 cm³/mol. The number of aromatic nitrogens is 2. The monoisotopic (exact) mass is 378 g/mol. The average Bonchev–Trinajstić information content (AvgIpc) is 3.23. The van der Waals surface area contributed by atoms with Crippen molar-refractivity contribution in [3.05, 3.63) is 76.2 Å². The topological polar surface area (TPSA) is 76.3 Å². The van der Waals surface area contributed by atoms with Crippen LogP contribution in [0, 0.1) is 0 Å². The van der Waals surface area contributed by atoms with Gasteiger partial charge < -0.3 is 0 Å². The third-order valence-corrected chi connectivity index (χ3v) is 5.41. The molecule has 1 N–H and O–H groups in total. The van der Waals surface area contributed by atoms with E-state index in [1.54, 1.807) is 36.0 Å². The molecule has 6 nitrogen and oxygen atoms in total. The summed E-state index contributed by atoms with van der Waals surface area (Å²) in [6.45, 7) is 0.302. The van der Waals surface area contributed by atoms with Crippen LogP contribution in [0.15, 0.2) is 64.5 Å². The largest absolute Gasteiger partial charge is 0.292 e. The van der Waals surface area contributed by atoms with Crippen molar-refractivity contribution in [2.24, 2.45) is 5.10 Å². The van der Waals surface area contributed by atoms with Crippen molar-refractivity contribution in [1.29, 1.82) is 0 Å². The van der Waals surface area contributed by atoms with E-state index in [-0.39, 0.29) is 11.3 Å². The van der Waals surface area contributed by atoms with Crippen LogP contribution in [0.2, 0.25) is 0 Å². The SMILES string of the molecule is O=C(N/N=C1\CCSC1)c1nn(Cc2ccccc2)c(=O)c2ccccc12. The lowest BCUT2D eigenvalue weighted by molar-refractivity contribution is 0.0949. The fourth-order valence-electron chi connectivity index (χ4n) is 2.99. The number of hydrazone groups is 1. The van der Waals surface area contributed by atoms with Gasteiger partial charge >= 0.3 is 0 Å². The van der Waals surface area contributed by atoms with Crippen LogP contribution < -0.4 is 11.0 Å². The molecule has 1 amide bonds. The van der Waals surface area contributed by atoms with Crippen molar-refractivity contribution in [2.45, 2.75) is 13.0 Å². The van der Waals surface area contributed by atoms with Gasteiger partial charge in [0.2, 0.25) is 0 Å². The van der Waals surface area contributed by atoms with Crippen LogP contribution in [0.4, 0.5) is 0 Å². The van der Waals surface area contributed by atoms with Crippen molar-refractivity contribution in [3.63, 3.8) is 0 Å². The summed E-state index contributed by atoms with van der Waals surface area (Å²) in [5.74, 6) is 1.46. The van der Waals surface area contributed by atoms with Crippen LogP contribution in [0.3, 0.4) is 0 Å². The van der Waals surface area contributed by atoms with E-state index in [0.29, 0.717) is 17.3 Å². The number of amides is 1. The number of thioether (sulfide) groups is 1. The Hall–Kier alpha value is -2.93. The summed E-state index contributed by atoms with van der Waals surface area (Å²) in [7, 11) is 0. The molecule has 1 saturated heterocycles. The number of carbonyl (C=O) groups excluding carboxylic acids is 1. The number of fused-ring (bicyclic) bond motifs is 1. The highest BCUT2D eigenvalue weighted by Crippen LogP contribution is 2.15. The quantitative estimate of drug-likeness (QED) is 0.708. The first-order valence-electron chi connectivity index (χ1n) is 8.69. The van der Waals surface area contributed by atoms with E-state index >= 15 is 0 Å². The molecule has 0 unspecified atom stereocenters. The zero-order valence-electron chi connectivity index (χ0n) is 14.6. The van der Waals surface area contributed by atoms with Gasteiger partial charge in [-0.25, -0.2) is 10.1 Å². The van der Waals surface area contributed by atoms with Crippen molar-refractivity contribution < 1.29 is 4.79 Å². The first kappa shape index (κ1) is 17.5. The summed E-state index contributed by atoms with van der Waals surface area (Å²) in [4.78, 5) is 25.5. The van der Waals surface area contributed by atoms with Gasteiger partial charge in [-0.2, -0.15) is 22.0 Å². The summed E-state index contributed by atoms with van der Waals surface area (Å²) < 4.78 is 1.34. The normalized spacial score (nSPS) is 15.3. The summed E-state index contributed by atoms with van der Waals surface area (Å²) in [5.41, 5.74) is 4.50. The Morgan fingerprint density at radius 3 is 2.59 bits per heavy atom. The van der Waals surface area contributed by atoms with Crippen LogP contribution in [-0.2, 0) is 6.54 Å². The van der Waals surface area contributed by atoms with E-state index in [0.717, 1.165) is 29.2 Å². The van der Waals surface area contributed by atoms with Gasteiger partial charge in [0.25, 0.3) is 11.5 Å². The molecule has 0 radical (unpaired) electrons. The van der Waals surface area contributed by atoms with E-state index in [9.17, 15) is 9.59 Å². The molecule has 1 aromatic heterocycles. The van der Waals surface area contributed by atoms with Gasteiger partial charge in [0.15, 0.2) is 5.69 Å². The van der Waals surface area contributed by atoms with Crippen molar-refractivity contribution >= 4 is 34.2 Å². The van der Waals surface area contributed by atoms with Crippen LogP contribution >= 0.6 is 11.8 Å². The molecule has 0 aliphatic carbocycles. The van der Waals surface area contributed by atoms with Crippen molar-refractivity contribution in [3.8, 4) is 0 Å². The number of nitrogens with one attached hydrogen (secondary N) is 1. The highest BCUT2D eigenvalue weighted by atomic mass is 32.2. The first-order valence-corrected chi connectivity index (χ1v) is 9.85. The van der Waals surface area contributed by atoms with Crippen LogP contribution in [0.25, 0.3) is 10.8 Å². The lowest BCUT2D eigenvalue weighted by atomic mass is 10.1. The minimum atomic E-state index is -0.405. The lowest BCUT2D eigenvalue weighted by Crippen LogP contribution is -2.29. The van der Waals surface area contributed by atoms with E-state index in [2.05, 4.69) is 15.6 Å². The Balaban J connectivity index is 1.74. The Labute approximate surface area is 160 Å². The van der Waals surface area contributed by atoms with E-state index in [1.807, 2.05) is 30.3 Å². The second kappa shape index (κ2) is 7.75. The molecule has 7 heteroatoms. The first-order chi connectivity index (χ1) is 13.2. The van der Waals surface area contributed by atoms with Crippen molar-refractivity contribution in [1.82, 2.24) is 15.2 Å². The minimum absolute atomic E-state index is 0.205. The third-order valence-electron chi connectivity index (χ3n) is 4.38. The Morgan fingerprint density at radius 1 is 1.11 bits per heavy atom. The zero-order chi connectivity index (χ0) is 18.6. The Morgan fingerprint density at radius 2 is 1.85 bits per heavy atom. The molecule has 2 aromatic carbocycles. The number of rotatable bonds is 4. The number of hydrogen-bond acceptors (Lipinski definition) is 5. The summed E-state index contributed by atoms with van der Waals surface area (Å²) in [6, 6.07) is 16.6. The third kappa shape index (κ3) is 3.78. The van der Waals surface area contributed by atoms with Gasteiger partial charge in [0.05, 0.1) is 11.9 Å². The highest BCUT2D eigenvalue weighted by molar-refractivity contribution is 8.00. The van der Waals surface area contributed by atoms with E-state index in [4.69, 9.17) is 0 Å². The molecule has 1 aliphatic heterocycles. The number of hydrogen-bond donors (Lipinski definition) is 1. The molecule has 0 spiro atoms. The molecular formula is C20H18N4O2S. The Kier molecular flexibility index (Phi) is 5.02. The van der Waals surface area contributed by atoms with Crippen molar-refractivity contribution in [2.75, 3.05) is 11.5 Å². The number of benzene rings is 2. The summed E-state index contributed by atoms with van der Waals surface area (Å²) in [6.07, 6.45) is 0.882. The molecule has 136 valence electrons. The van der Waals surface area contributed by atoms with E-state index in [1.165, 1.54) is 4.68 Å². The van der Waals surface area contributed by atoms with Gasteiger partial charge in [-0.3, -0.25) is 9.59 Å². The van der Waals surface area contributed by atoms with Gasteiger partial charge in [-0.1, -0.05) is 48.5 Å².